The molecule has 0 N–H and O–H groups in total. The molecule has 0 aliphatic carbocycles. The van der Waals surface area contributed by atoms with Crippen LogP contribution < -0.4 is 0 Å². The van der Waals surface area contributed by atoms with Crippen molar-refractivity contribution in [2.24, 2.45) is 21.8 Å². The standard InChI is InChI=1S/C22H44N2/c1-9-10-15-21(5,23-7)16-13-11-12-14-20(4)18-22(6,24-8)17-19(2)3/h19-20H,7-18H2,1-6H3. The van der Waals surface area contributed by atoms with Gasteiger partial charge in [-0.3, -0.25) is 9.98 Å². The molecule has 0 aromatic carbocycles. The number of hydrogen-bond donors (Lipinski definition) is 0. The third-order valence-electron chi connectivity index (χ3n) is 5.38. The summed E-state index contributed by atoms with van der Waals surface area (Å²) in [5.74, 6) is 1.41. The highest BCUT2D eigenvalue weighted by atomic mass is 14.8. The van der Waals surface area contributed by atoms with Crippen LogP contribution in [0.25, 0.3) is 0 Å². The van der Waals surface area contributed by atoms with Crippen LogP contribution in [0.2, 0.25) is 0 Å². The molecule has 3 unspecified atom stereocenters. The Bertz CT molecular complexity index is 350. The Hall–Kier alpha value is -0.660. The molecule has 0 radical (unpaired) electrons. The highest BCUT2D eigenvalue weighted by Gasteiger charge is 2.26. The maximum atomic E-state index is 4.45. The van der Waals surface area contributed by atoms with Gasteiger partial charge in [0.25, 0.3) is 0 Å². The number of unbranched alkanes of at least 4 members (excludes halogenated alkanes) is 3. The summed E-state index contributed by atoms with van der Waals surface area (Å²) in [5, 5.41) is 0. The molecule has 0 amide bonds. The Labute approximate surface area is 152 Å². The van der Waals surface area contributed by atoms with Gasteiger partial charge in [0.1, 0.15) is 0 Å². The summed E-state index contributed by atoms with van der Waals surface area (Å²) in [6.45, 7) is 21.4. The fourth-order valence-electron chi connectivity index (χ4n) is 3.96. The smallest absolute Gasteiger partial charge is 0.0578 e. The Morgan fingerprint density at radius 3 is 1.88 bits per heavy atom. The van der Waals surface area contributed by atoms with Crippen molar-refractivity contribution in [3.8, 4) is 0 Å². The Kier molecular flexibility index (Phi) is 11.5. The molecule has 24 heavy (non-hydrogen) atoms. The van der Waals surface area contributed by atoms with Gasteiger partial charge in [0.05, 0.1) is 11.1 Å². The molecule has 0 rings (SSSR count). The lowest BCUT2D eigenvalue weighted by Crippen LogP contribution is -2.26. The molecule has 3 atom stereocenters. The van der Waals surface area contributed by atoms with Gasteiger partial charge in [-0.2, -0.15) is 0 Å². The Morgan fingerprint density at radius 2 is 1.38 bits per heavy atom. The molecule has 0 bridgehead atoms. The van der Waals surface area contributed by atoms with E-state index in [1.807, 2.05) is 0 Å². The van der Waals surface area contributed by atoms with E-state index < -0.39 is 0 Å². The lowest BCUT2D eigenvalue weighted by atomic mass is 9.82. The zero-order chi connectivity index (χ0) is 18.6. The van der Waals surface area contributed by atoms with E-state index in [9.17, 15) is 0 Å². The van der Waals surface area contributed by atoms with Gasteiger partial charge in [-0.15, -0.1) is 0 Å². The van der Waals surface area contributed by atoms with Gasteiger partial charge in [0.2, 0.25) is 0 Å². The monoisotopic (exact) mass is 336 g/mol. The lowest BCUT2D eigenvalue weighted by Gasteiger charge is -2.30. The van der Waals surface area contributed by atoms with Gasteiger partial charge in [0, 0.05) is 0 Å². The molecule has 0 aliphatic rings. The zero-order valence-corrected chi connectivity index (χ0v) is 17.5. The van der Waals surface area contributed by atoms with E-state index in [0.717, 1.165) is 18.8 Å². The van der Waals surface area contributed by atoms with Crippen molar-refractivity contribution in [3.05, 3.63) is 0 Å². The first kappa shape index (κ1) is 23.3. The van der Waals surface area contributed by atoms with Crippen molar-refractivity contribution in [2.75, 3.05) is 0 Å². The van der Waals surface area contributed by atoms with Crippen LogP contribution >= 0.6 is 0 Å². The number of rotatable bonds is 15. The first-order chi connectivity index (χ1) is 11.2. The summed E-state index contributed by atoms with van der Waals surface area (Å²) in [5.41, 5.74) is 0.156. The second kappa shape index (κ2) is 11.8. The van der Waals surface area contributed by atoms with Crippen LogP contribution in [0, 0.1) is 11.8 Å². The molecule has 0 saturated carbocycles. The van der Waals surface area contributed by atoms with E-state index in [-0.39, 0.29) is 11.1 Å². The van der Waals surface area contributed by atoms with Gasteiger partial charge in [-0.05, 0) is 64.8 Å². The second-order valence-corrected chi connectivity index (χ2v) is 8.92. The largest absolute Gasteiger partial charge is 0.295 e. The van der Waals surface area contributed by atoms with Crippen LogP contribution in [-0.2, 0) is 0 Å². The van der Waals surface area contributed by atoms with Crippen LogP contribution in [0.1, 0.15) is 106 Å². The number of aliphatic imine (C=N–C) groups is 2. The molecule has 2 nitrogen and oxygen atoms in total. The highest BCUT2D eigenvalue weighted by Crippen LogP contribution is 2.31. The van der Waals surface area contributed by atoms with E-state index >= 15 is 0 Å². The molecule has 2 heteroatoms. The van der Waals surface area contributed by atoms with Crippen LogP contribution in [0.15, 0.2) is 9.98 Å². The van der Waals surface area contributed by atoms with Crippen molar-refractivity contribution >= 4 is 13.4 Å². The van der Waals surface area contributed by atoms with Crippen LogP contribution in [0.5, 0.6) is 0 Å². The summed E-state index contributed by atoms with van der Waals surface area (Å²) >= 11 is 0. The normalized spacial score (nSPS) is 18.0. The van der Waals surface area contributed by atoms with E-state index in [2.05, 4.69) is 65.0 Å². The maximum Gasteiger partial charge on any atom is 0.0578 e. The molecule has 0 fully saturated rings. The summed E-state index contributed by atoms with van der Waals surface area (Å²) < 4.78 is 0. The minimum atomic E-state index is 0.0546. The number of hydrogen-bond acceptors (Lipinski definition) is 2. The minimum absolute atomic E-state index is 0.0546. The maximum absolute atomic E-state index is 4.45. The number of nitrogens with zero attached hydrogens (tertiary/aromatic N) is 2. The van der Waals surface area contributed by atoms with Crippen molar-refractivity contribution < 1.29 is 0 Å². The highest BCUT2D eigenvalue weighted by molar-refractivity contribution is 5.26. The summed E-state index contributed by atoms with van der Waals surface area (Å²) in [6.07, 6.45) is 12.4. The summed E-state index contributed by atoms with van der Waals surface area (Å²) in [6, 6.07) is 0. The van der Waals surface area contributed by atoms with Crippen molar-refractivity contribution in [1.82, 2.24) is 0 Å². The molecule has 0 heterocycles. The molecule has 0 spiro atoms. The molecular weight excluding hydrogens is 292 g/mol. The van der Waals surface area contributed by atoms with Gasteiger partial charge in [-0.1, -0.05) is 66.2 Å². The first-order valence-electron chi connectivity index (χ1n) is 10.2. The van der Waals surface area contributed by atoms with Crippen LogP contribution in [0.3, 0.4) is 0 Å². The third kappa shape index (κ3) is 10.3. The van der Waals surface area contributed by atoms with Gasteiger partial charge in [0.15, 0.2) is 0 Å². The average molecular weight is 337 g/mol. The molecule has 0 aromatic rings. The van der Waals surface area contributed by atoms with Crippen LogP contribution in [0.4, 0.5) is 0 Å². The summed E-state index contributed by atoms with van der Waals surface area (Å²) in [7, 11) is 0. The van der Waals surface area contributed by atoms with Gasteiger partial charge in [-0.25, -0.2) is 0 Å². The third-order valence-corrected chi connectivity index (χ3v) is 5.38. The van der Waals surface area contributed by atoms with E-state index in [4.69, 9.17) is 0 Å². The average Bonchev–Trinajstić information content (AvgIpc) is 2.51. The molecular formula is C22H44N2. The van der Waals surface area contributed by atoms with Crippen molar-refractivity contribution in [2.45, 2.75) is 117 Å². The SMILES string of the molecule is C=NC(C)(CCCC)CCCCCC(C)CC(C)(CC(C)C)N=C. The van der Waals surface area contributed by atoms with Crippen molar-refractivity contribution in [3.63, 3.8) is 0 Å². The quantitative estimate of drug-likeness (QED) is 0.225. The van der Waals surface area contributed by atoms with E-state index in [0.29, 0.717) is 5.92 Å². The van der Waals surface area contributed by atoms with Crippen LogP contribution in [-0.4, -0.2) is 24.5 Å². The van der Waals surface area contributed by atoms with E-state index in [1.165, 1.54) is 51.4 Å². The Balaban J connectivity index is 4.06. The first-order valence-corrected chi connectivity index (χ1v) is 10.2. The molecule has 0 saturated heterocycles. The second-order valence-electron chi connectivity index (χ2n) is 8.92. The fraction of sp³-hybridized carbons (Fsp3) is 0.909. The lowest BCUT2D eigenvalue weighted by molar-refractivity contribution is 0.290. The van der Waals surface area contributed by atoms with Gasteiger partial charge >= 0.3 is 0 Å². The summed E-state index contributed by atoms with van der Waals surface area (Å²) in [4.78, 5) is 8.86. The Morgan fingerprint density at radius 1 is 0.792 bits per heavy atom. The molecule has 0 aliphatic heterocycles. The predicted molar refractivity (Wildman–Crippen MR) is 112 cm³/mol. The molecule has 0 aromatic heterocycles. The molecule has 142 valence electrons. The topological polar surface area (TPSA) is 24.7 Å². The fourth-order valence-corrected chi connectivity index (χ4v) is 3.96. The predicted octanol–water partition coefficient (Wildman–Crippen LogP) is 7.12. The minimum Gasteiger partial charge on any atom is -0.295 e. The van der Waals surface area contributed by atoms with Gasteiger partial charge < -0.3 is 0 Å². The van der Waals surface area contributed by atoms with E-state index in [1.54, 1.807) is 0 Å². The zero-order valence-electron chi connectivity index (χ0n) is 17.5. The van der Waals surface area contributed by atoms with Crippen molar-refractivity contribution in [1.29, 1.82) is 0 Å².